The molecule has 5 heteroatoms. The second-order valence-corrected chi connectivity index (χ2v) is 5.47. The van der Waals surface area contributed by atoms with Crippen molar-refractivity contribution in [3.05, 3.63) is 72.1 Å². The molecule has 0 saturated carbocycles. The predicted molar refractivity (Wildman–Crippen MR) is 97.9 cm³/mol. The number of rotatable bonds is 5. The van der Waals surface area contributed by atoms with Crippen LogP contribution < -0.4 is 5.32 Å². The van der Waals surface area contributed by atoms with Crippen LogP contribution in [0.25, 0.3) is 11.3 Å². The molecular formula is C20H19N3O2. The molecule has 0 amide bonds. The Labute approximate surface area is 146 Å². The van der Waals surface area contributed by atoms with Gasteiger partial charge < -0.3 is 10.1 Å². The van der Waals surface area contributed by atoms with Gasteiger partial charge in [-0.15, -0.1) is 0 Å². The summed E-state index contributed by atoms with van der Waals surface area (Å²) in [5, 5.41) is 3.25. The Morgan fingerprint density at radius 2 is 1.76 bits per heavy atom. The van der Waals surface area contributed by atoms with Crippen LogP contribution in [0.1, 0.15) is 23.1 Å². The Morgan fingerprint density at radius 1 is 1.04 bits per heavy atom. The van der Waals surface area contributed by atoms with Crippen LogP contribution in [0.3, 0.4) is 0 Å². The third-order valence-corrected chi connectivity index (χ3v) is 3.58. The number of anilines is 2. The van der Waals surface area contributed by atoms with E-state index in [0.29, 0.717) is 23.8 Å². The highest BCUT2D eigenvalue weighted by Crippen LogP contribution is 2.22. The van der Waals surface area contributed by atoms with E-state index >= 15 is 0 Å². The first-order valence-electron chi connectivity index (χ1n) is 8.11. The number of aromatic nitrogens is 2. The quantitative estimate of drug-likeness (QED) is 0.702. The van der Waals surface area contributed by atoms with E-state index in [1.165, 1.54) is 0 Å². The Balaban J connectivity index is 1.81. The molecule has 2 aromatic carbocycles. The maximum absolute atomic E-state index is 11.7. The van der Waals surface area contributed by atoms with Gasteiger partial charge in [-0.3, -0.25) is 0 Å². The van der Waals surface area contributed by atoms with Gasteiger partial charge >= 0.3 is 5.97 Å². The molecule has 0 spiro atoms. The van der Waals surface area contributed by atoms with Crippen LogP contribution in [-0.4, -0.2) is 22.5 Å². The van der Waals surface area contributed by atoms with Gasteiger partial charge in [-0.2, -0.15) is 0 Å². The lowest BCUT2D eigenvalue weighted by molar-refractivity contribution is 0.0526. The summed E-state index contributed by atoms with van der Waals surface area (Å²) >= 11 is 0. The maximum atomic E-state index is 11.7. The standard InChI is InChI=1S/C20H19N3O2/c1-3-25-20(24)16-9-11-17(12-10-16)23-19-13-18(21-14(2)22-19)15-7-5-4-6-8-15/h4-13H,3H2,1-2H3,(H,21,22,23). The Bertz CT molecular complexity index is 862. The van der Waals surface area contributed by atoms with E-state index in [2.05, 4.69) is 15.3 Å². The zero-order chi connectivity index (χ0) is 17.6. The van der Waals surface area contributed by atoms with Gasteiger partial charge in [0.05, 0.1) is 17.9 Å². The minimum Gasteiger partial charge on any atom is -0.462 e. The highest BCUT2D eigenvalue weighted by molar-refractivity contribution is 5.89. The summed E-state index contributed by atoms with van der Waals surface area (Å²) in [6.07, 6.45) is 0. The Morgan fingerprint density at radius 3 is 2.44 bits per heavy atom. The van der Waals surface area contributed by atoms with E-state index < -0.39 is 0 Å². The summed E-state index contributed by atoms with van der Waals surface area (Å²) in [5.74, 6) is 1.07. The molecule has 25 heavy (non-hydrogen) atoms. The van der Waals surface area contributed by atoms with Gasteiger partial charge in [-0.25, -0.2) is 14.8 Å². The molecule has 0 unspecified atom stereocenters. The fourth-order valence-electron chi connectivity index (χ4n) is 2.44. The SMILES string of the molecule is CCOC(=O)c1ccc(Nc2cc(-c3ccccc3)nc(C)n2)cc1. The van der Waals surface area contributed by atoms with Crippen LogP contribution in [0.2, 0.25) is 0 Å². The number of carbonyl (C=O) groups is 1. The number of carbonyl (C=O) groups excluding carboxylic acids is 1. The highest BCUT2D eigenvalue weighted by atomic mass is 16.5. The van der Waals surface area contributed by atoms with Crippen molar-refractivity contribution in [3.63, 3.8) is 0 Å². The second kappa shape index (κ2) is 7.57. The van der Waals surface area contributed by atoms with E-state index in [9.17, 15) is 4.79 Å². The molecule has 1 heterocycles. The molecule has 0 aliphatic rings. The van der Waals surface area contributed by atoms with Crippen molar-refractivity contribution in [3.8, 4) is 11.3 Å². The molecular weight excluding hydrogens is 314 g/mol. The zero-order valence-electron chi connectivity index (χ0n) is 14.2. The first-order valence-corrected chi connectivity index (χ1v) is 8.11. The zero-order valence-corrected chi connectivity index (χ0v) is 14.2. The minimum absolute atomic E-state index is 0.321. The molecule has 3 rings (SSSR count). The number of aryl methyl sites for hydroxylation is 1. The molecule has 1 N–H and O–H groups in total. The number of esters is 1. The van der Waals surface area contributed by atoms with Gasteiger partial charge in [0.2, 0.25) is 0 Å². The van der Waals surface area contributed by atoms with Crippen LogP contribution >= 0.6 is 0 Å². The summed E-state index contributed by atoms with van der Waals surface area (Å²) in [7, 11) is 0. The topological polar surface area (TPSA) is 64.1 Å². The molecule has 126 valence electrons. The number of benzene rings is 2. The van der Waals surface area contributed by atoms with Crippen molar-refractivity contribution >= 4 is 17.5 Å². The van der Waals surface area contributed by atoms with Crippen LogP contribution in [0.4, 0.5) is 11.5 Å². The van der Waals surface area contributed by atoms with Crippen LogP contribution in [0, 0.1) is 6.92 Å². The molecule has 0 bridgehead atoms. The summed E-state index contributed by atoms with van der Waals surface area (Å²) in [4.78, 5) is 20.6. The summed E-state index contributed by atoms with van der Waals surface area (Å²) in [6.45, 7) is 4.01. The smallest absolute Gasteiger partial charge is 0.338 e. The largest absolute Gasteiger partial charge is 0.462 e. The van der Waals surface area contributed by atoms with Crippen LogP contribution in [-0.2, 0) is 4.74 Å². The lowest BCUT2D eigenvalue weighted by atomic mass is 10.1. The van der Waals surface area contributed by atoms with Gasteiger partial charge in [0.25, 0.3) is 0 Å². The first-order chi connectivity index (χ1) is 12.2. The molecule has 5 nitrogen and oxygen atoms in total. The van der Waals surface area contributed by atoms with Gasteiger partial charge in [0.1, 0.15) is 11.6 Å². The molecule has 0 aliphatic heterocycles. The van der Waals surface area contributed by atoms with E-state index in [4.69, 9.17) is 4.74 Å². The van der Waals surface area contributed by atoms with Crippen LogP contribution in [0.15, 0.2) is 60.7 Å². The fourth-order valence-corrected chi connectivity index (χ4v) is 2.44. The van der Waals surface area contributed by atoms with E-state index in [1.54, 1.807) is 19.1 Å². The first kappa shape index (κ1) is 16.6. The number of nitrogens with zero attached hydrogens (tertiary/aromatic N) is 2. The Hall–Kier alpha value is -3.21. The van der Waals surface area contributed by atoms with E-state index in [0.717, 1.165) is 16.9 Å². The minimum atomic E-state index is -0.321. The van der Waals surface area contributed by atoms with Gasteiger partial charge in [0, 0.05) is 17.3 Å². The van der Waals surface area contributed by atoms with E-state index in [1.807, 2.05) is 55.5 Å². The van der Waals surface area contributed by atoms with E-state index in [-0.39, 0.29) is 5.97 Å². The Kier molecular flexibility index (Phi) is 5.04. The molecule has 0 fully saturated rings. The normalized spacial score (nSPS) is 10.3. The van der Waals surface area contributed by atoms with Gasteiger partial charge in [-0.05, 0) is 38.1 Å². The van der Waals surface area contributed by atoms with Gasteiger partial charge in [0.15, 0.2) is 0 Å². The fraction of sp³-hybridized carbons (Fsp3) is 0.150. The average molecular weight is 333 g/mol. The monoisotopic (exact) mass is 333 g/mol. The van der Waals surface area contributed by atoms with Crippen molar-refractivity contribution in [2.24, 2.45) is 0 Å². The predicted octanol–water partition coefficient (Wildman–Crippen LogP) is 4.37. The highest BCUT2D eigenvalue weighted by Gasteiger charge is 2.07. The average Bonchev–Trinajstić information content (AvgIpc) is 2.63. The number of hydrogen-bond acceptors (Lipinski definition) is 5. The maximum Gasteiger partial charge on any atom is 0.338 e. The summed E-state index contributed by atoms with van der Waals surface area (Å²) in [6, 6.07) is 19.0. The van der Waals surface area contributed by atoms with Crippen molar-refractivity contribution in [1.82, 2.24) is 9.97 Å². The van der Waals surface area contributed by atoms with Crippen molar-refractivity contribution in [2.45, 2.75) is 13.8 Å². The molecule has 0 aliphatic carbocycles. The lowest BCUT2D eigenvalue weighted by Crippen LogP contribution is -2.04. The molecule has 0 radical (unpaired) electrons. The number of ether oxygens (including phenoxy) is 1. The molecule has 3 aromatic rings. The van der Waals surface area contributed by atoms with Gasteiger partial charge in [-0.1, -0.05) is 30.3 Å². The number of nitrogens with one attached hydrogen (secondary N) is 1. The molecule has 0 atom stereocenters. The second-order valence-electron chi connectivity index (χ2n) is 5.47. The van der Waals surface area contributed by atoms with Crippen LogP contribution in [0.5, 0.6) is 0 Å². The van der Waals surface area contributed by atoms with Crippen molar-refractivity contribution in [1.29, 1.82) is 0 Å². The summed E-state index contributed by atoms with van der Waals surface area (Å²) in [5.41, 5.74) is 3.26. The third-order valence-electron chi connectivity index (χ3n) is 3.58. The molecule has 0 saturated heterocycles. The lowest BCUT2D eigenvalue weighted by Gasteiger charge is -2.09. The third kappa shape index (κ3) is 4.20. The van der Waals surface area contributed by atoms with Crippen molar-refractivity contribution in [2.75, 3.05) is 11.9 Å². The molecule has 1 aromatic heterocycles. The summed E-state index contributed by atoms with van der Waals surface area (Å²) < 4.78 is 4.99. The number of hydrogen-bond donors (Lipinski definition) is 1. The van der Waals surface area contributed by atoms with Crippen molar-refractivity contribution < 1.29 is 9.53 Å².